The van der Waals surface area contributed by atoms with E-state index < -0.39 is 11.6 Å². The van der Waals surface area contributed by atoms with Crippen molar-refractivity contribution in [3.05, 3.63) is 78.4 Å². The summed E-state index contributed by atoms with van der Waals surface area (Å²) >= 11 is 0. The van der Waals surface area contributed by atoms with Crippen LogP contribution < -0.4 is 10.1 Å². The van der Waals surface area contributed by atoms with Gasteiger partial charge in [-0.2, -0.15) is 0 Å². The second-order valence-electron chi connectivity index (χ2n) is 6.54. The minimum atomic E-state index is -0.920. The van der Waals surface area contributed by atoms with Gasteiger partial charge in [-0.1, -0.05) is 19.1 Å². The molecule has 0 aliphatic carbocycles. The highest BCUT2D eigenvalue weighted by molar-refractivity contribution is 5.92. The van der Waals surface area contributed by atoms with Gasteiger partial charge >= 0.3 is 0 Å². The Morgan fingerprint density at radius 1 is 0.897 bits per heavy atom. The van der Waals surface area contributed by atoms with E-state index in [1.165, 1.54) is 6.07 Å². The fraction of sp³-hybridized carbons (Fsp3) is 0.130. The molecule has 0 atom stereocenters. The molecule has 146 valence electrons. The van der Waals surface area contributed by atoms with Crippen molar-refractivity contribution in [1.82, 2.24) is 9.97 Å². The molecule has 0 spiro atoms. The number of aromatic nitrogens is 2. The molecule has 0 aliphatic heterocycles. The van der Waals surface area contributed by atoms with Crippen molar-refractivity contribution in [2.75, 3.05) is 11.9 Å². The molecule has 1 aromatic heterocycles. The summed E-state index contributed by atoms with van der Waals surface area (Å²) in [5, 5.41) is 3.86. The van der Waals surface area contributed by atoms with Gasteiger partial charge in [-0.3, -0.25) is 0 Å². The summed E-state index contributed by atoms with van der Waals surface area (Å²) in [6, 6.07) is 18.7. The molecule has 0 fully saturated rings. The maximum absolute atomic E-state index is 13.6. The monoisotopic (exact) mass is 391 g/mol. The van der Waals surface area contributed by atoms with E-state index in [1.807, 2.05) is 48.5 Å². The van der Waals surface area contributed by atoms with Crippen LogP contribution in [-0.2, 0) is 0 Å². The van der Waals surface area contributed by atoms with E-state index in [2.05, 4.69) is 22.2 Å². The molecule has 0 aliphatic rings. The first-order valence-corrected chi connectivity index (χ1v) is 9.36. The molecule has 6 heteroatoms. The molecule has 0 saturated heterocycles. The first-order valence-electron chi connectivity index (χ1n) is 9.36. The number of fused-ring (bicyclic) bond motifs is 1. The van der Waals surface area contributed by atoms with Crippen LogP contribution in [-0.4, -0.2) is 16.6 Å². The molecule has 1 N–H and O–H groups in total. The van der Waals surface area contributed by atoms with Crippen molar-refractivity contribution in [1.29, 1.82) is 0 Å². The number of ether oxygens (including phenoxy) is 1. The van der Waals surface area contributed by atoms with Crippen molar-refractivity contribution < 1.29 is 13.5 Å². The summed E-state index contributed by atoms with van der Waals surface area (Å²) in [4.78, 5) is 9.28. The quantitative estimate of drug-likeness (QED) is 0.431. The van der Waals surface area contributed by atoms with Crippen molar-refractivity contribution in [3.63, 3.8) is 0 Å². The van der Waals surface area contributed by atoms with Gasteiger partial charge in [-0.05, 0) is 55.0 Å². The van der Waals surface area contributed by atoms with E-state index in [4.69, 9.17) is 4.74 Å². The maximum atomic E-state index is 13.6. The number of anilines is 2. The van der Waals surface area contributed by atoms with Crippen LogP contribution in [0.2, 0.25) is 0 Å². The van der Waals surface area contributed by atoms with Gasteiger partial charge in [-0.25, -0.2) is 18.7 Å². The summed E-state index contributed by atoms with van der Waals surface area (Å²) in [6.45, 7) is 2.72. The van der Waals surface area contributed by atoms with Crippen LogP contribution in [0.15, 0.2) is 66.7 Å². The third-order valence-corrected chi connectivity index (χ3v) is 4.37. The van der Waals surface area contributed by atoms with Gasteiger partial charge < -0.3 is 10.1 Å². The summed E-state index contributed by atoms with van der Waals surface area (Å²) in [6.07, 6.45) is 0.939. The molecular weight excluding hydrogens is 372 g/mol. The van der Waals surface area contributed by atoms with Crippen LogP contribution in [0.25, 0.3) is 22.3 Å². The molecule has 0 radical (unpaired) electrons. The van der Waals surface area contributed by atoms with Crippen molar-refractivity contribution in [2.24, 2.45) is 0 Å². The van der Waals surface area contributed by atoms with Crippen LogP contribution in [0.3, 0.4) is 0 Å². The minimum Gasteiger partial charge on any atom is -0.494 e. The Hall–Kier alpha value is -3.54. The highest BCUT2D eigenvalue weighted by atomic mass is 19.2. The fourth-order valence-electron chi connectivity index (χ4n) is 2.93. The summed E-state index contributed by atoms with van der Waals surface area (Å²) in [7, 11) is 0. The third kappa shape index (κ3) is 4.16. The first kappa shape index (κ1) is 18.8. The van der Waals surface area contributed by atoms with Gasteiger partial charge in [0.15, 0.2) is 17.5 Å². The number of halogens is 2. The van der Waals surface area contributed by atoms with E-state index in [9.17, 15) is 8.78 Å². The van der Waals surface area contributed by atoms with E-state index in [0.717, 1.165) is 40.8 Å². The Kier molecular flexibility index (Phi) is 5.33. The molecule has 0 amide bonds. The number of hydrogen-bond acceptors (Lipinski definition) is 4. The average molecular weight is 391 g/mol. The summed E-state index contributed by atoms with van der Waals surface area (Å²) < 4.78 is 32.5. The van der Waals surface area contributed by atoms with Crippen molar-refractivity contribution in [2.45, 2.75) is 13.3 Å². The van der Waals surface area contributed by atoms with Crippen LogP contribution in [0.1, 0.15) is 13.3 Å². The average Bonchev–Trinajstić information content (AvgIpc) is 2.75. The number of nitrogens with one attached hydrogen (secondary N) is 1. The molecular formula is C23H19F2N3O. The molecule has 29 heavy (non-hydrogen) atoms. The summed E-state index contributed by atoms with van der Waals surface area (Å²) in [5.41, 5.74) is 1.98. The van der Waals surface area contributed by atoms with Gasteiger partial charge in [-0.15, -0.1) is 0 Å². The number of hydrogen-bond donors (Lipinski definition) is 1. The van der Waals surface area contributed by atoms with E-state index in [1.54, 1.807) is 0 Å². The fourth-order valence-corrected chi connectivity index (χ4v) is 2.93. The highest BCUT2D eigenvalue weighted by Gasteiger charge is 2.11. The molecule has 0 unspecified atom stereocenters. The van der Waals surface area contributed by atoms with Crippen LogP contribution in [0.4, 0.5) is 20.3 Å². The van der Waals surface area contributed by atoms with E-state index >= 15 is 0 Å². The Bertz CT molecular complexity index is 1150. The van der Waals surface area contributed by atoms with Gasteiger partial charge in [0.1, 0.15) is 11.6 Å². The standard InChI is InChI=1S/C23H19F2N3O/c1-2-13-29-17-10-7-15(8-11-17)22-27-21-6-4-3-5-18(21)23(28-22)26-16-9-12-19(24)20(25)14-16/h3-12,14H,2,13H2,1H3,(H,26,27,28). The summed E-state index contributed by atoms with van der Waals surface area (Å²) in [5.74, 6) is 0.0145. The normalized spacial score (nSPS) is 10.9. The predicted molar refractivity (Wildman–Crippen MR) is 110 cm³/mol. The smallest absolute Gasteiger partial charge is 0.162 e. The van der Waals surface area contributed by atoms with Crippen molar-refractivity contribution in [3.8, 4) is 17.1 Å². The Balaban J connectivity index is 1.73. The zero-order valence-electron chi connectivity index (χ0n) is 15.8. The van der Waals surface area contributed by atoms with E-state index in [-0.39, 0.29) is 0 Å². The maximum Gasteiger partial charge on any atom is 0.162 e. The minimum absolute atomic E-state index is 0.405. The van der Waals surface area contributed by atoms with Gasteiger partial charge in [0, 0.05) is 22.7 Å². The van der Waals surface area contributed by atoms with Crippen LogP contribution >= 0.6 is 0 Å². The molecule has 0 saturated carbocycles. The van der Waals surface area contributed by atoms with Gasteiger partial charge in [0.2, 0.25) is 0 Å². The Morgan fingerprint density at radius 2 is 1.69 bits per heavy atom. The Morgan fingerprint density at radius 3 is 2.45 bits per heavy atom. The predicted octanol–water partition coefficient (Wildman–Crippen LogP) is 6.11. The van der Waals surface area contributed by atoms with Crippen molar-refractivity contribution >= 4 is 22.4 Å². The highest BCUT2D eigenvalue weighted by Crippen LogP contribution is 2.28. The number of para-hydroxylation sites is 1. The molecule has 0 bridgehead atoms. The zero-order chi connectivity index (χ0) is 20.2. The molecule has 4 nitrogen and oxygen atoms in total. The lowest BCUT2D eigenvalue weighted by molar-refractivity contribution is 0.317. The SMILES string of the molecule is CCCOc1ccc(-c2nc(Nc3ccc(F)c(F)c3)c3ccccc3n2)cc1. The van der Waals surface area contributed by atoms with E-state index in [0.29, 0.717) is 23.9 Å². The molecule has 3 aromatic carbocycles. The van der Waals surface area contributed by atoms with Gasteiger partial charge in [0.25, 0.3) is 0 Å². The molecule has 4 aromatic rings. The number of rotatable bonds is 6. The topological polar surface area (TPSA) is 47.0 Å². The Labute approximate surface area is 167 Å². The largest absolute Gasteiger partial charge is 0.494 e. The first-order chi connectivity index (χ1) is 14.1. The third-order valence-electron chi connectivity index (χ3n) is 4.37. The number of benzene rings is 3. The van der Waals surface area contributed by atoms with Crippen LogP contribution in [0, 0.1) is 11.6 Å². The lowest BCUT2D eigenvalue weighted by Crippen LogP contribution is -2.00. The second-order valence-corrected chi connectivity index (χ2v) is 6.54. The lowest BCUT2D eigenvalue weighted by atomic mass is 10.1. The molecule has 1 heterocycles. The molecule has 4 rings (SSSR count). The zero-order valence-corrected chi connectivity index (χ0v) is 15.8. The van der Waals surface area contributed by atoms with Gasteiger partial charge in [0.05, 0.1) is 12.1 Å². The number of nitrogens with zero attached hydrogens (tertiary/aromatic N) is 2. The second kappa shape index (κ2) is 8.22. The van der Waals surface area contributed by atoms with Crippen LogP contribution in [0.5, 0.6) is 5.75 Å². The lowest BCUT2D eigenvalue weighted by Gasteiger charge is -2.12.